The Labute approximate surface area is 173 Å². The monoisotopic (exact) mass is 420 g/mol. The molecule has 1 fully saturated rings. The molecule has 0 unspecified atom stereocenters. The number of ether oxygens (including phenoxy) is 3. The minimum atomic E-state index is -0.706. The number of benzene rings is 1. The van der Waals surface area contributed by atoms with Gasteiger partial charge in [0.05, 0.1) is 20.4 Å². The van der Waals surface area contributed by atoms with Crippen LogP contribution in [-0.4, -0.2) is 45.9 Å². The Kier molecular flexibility index (Phi) is 6.79. The number of nitrogens with one attached hydrogen (secondary N) is 1. The Morgan fingerprint density at radius 2 is 1.76 bits per heavy atom. The van der Waals surface area contributed by atoms with Crippen molar-refractivity contribution in [3.8, 4) is 23.0 Å². The Balaban J connectivity index is 1.80. The van der Waals surface area contributed by atoms with Gasteiger partial charge in [-0.15, -0.1) is 0 Å². The highest BCUT2D eigenvalue weighted by Crippen LogP contribution is 2.40. The molecule has 0 radical (unpaired) electrons. The third-order valence-corrected chi connectivity index (χ3v) is 6.24. The molecule has 0 saturated carbocycles. The fraction of sp³-hybridized carbons (Fsp3) is 0.500. The molecule has 1 saturated heterocycles. The first-order valence-electron chi connectivity index (χ1n) is 9.59. The molecule has 1 aliphatic heterocycles. The highest BCUT2D eigenvalue weighted by atomic mass is 32.2. The number of aromatic nitrogens is 2. The van der Waals surface area contributed by atoms with Crippen molar-refractivity contribution in [2.75, 3.05) is 36.8 Å². The molecule has 158 valence electrons. The van der Waals surface area contributed by atoms with E-state index in [0.717, 1.165) is 18.4 Å². The van der Waals surface area contributed by atoms with Crippen molar-refractivity contribution in [2.24, 2.45) is 0 Å². The second-order valence-electron chi connectivity index (χ2n) is 7.21. The predicted molar refractivity (Wildman–Crippen MR) is 115 cm³/mol. The van der Waals surface area contributed by atoms with Crippen LogP contribution >= 0.6 is 0 Å². The van der Waals surface area contributed by atoms with Crippen LogP contribution in [0.1, 0.15) is 38.2 Å². The number of nitrogens with two attached hydrogens (primary N) is 1. The van der Waals surface area contributed by atoms with E-state index < -0.39 is 10.8 Å². The van der Waals surface area contributed by atoms with E-state index in [4.69, 9.17) is 19.9 Å². The average molecular weight is 421 g/mol. The molecule has 2 aromatic rings. The van der Waals surface area contributed by atoms with Gasteiger partial charge in [-0.2, -0.15) is 4.98 Å². The fourth-order valence-electron chi connectivity index (χ4n) is 3.19. The van der Waals surface area contributed by atoms with Crippen LogP contribution in [0.5, 0.6) is 23.0 Å². The summed E-state index contributed by atoms with van der Waals surface area (Å²) in [5.41, 5.74) is 7.09. The molecule has 3 N–H and O–H groups in total. The molecule has 2 heterocycles. The van der Waals surface area contributed by atoms with Crippen molar-refractivity contribution in [1.29, 1.82) is 0 Å². The Morgan fingerprint density at radius 1 is 1.10 bits per heavy atom. The smallest absolute Gasteiger partial charge is 0.225 e. The normalized spacial score (nSPS) is 19.1. The maximum atomic E-state index is 11.5. The van der Waals surface area contributed by atoms with Gasteiger partial charge in [0, 0.05) is 40.0 Å². The summed E-state index contributed by atoms with van der Waals surface area (Å²) < 4.78 is 28.3. The third-order valence-electron chi connectivity index (χ3n) is 4.86. The van der Waals surface area contributed by atoms with Crippen LogP contribution in [-0.2, 0) is 10.8 Å². The van der Waals surface area contributed by atoms with Gasteiger partial charge in [0.2, 0.25) is 5.95 Å². The first-order chi connectivity index (χ1) is 13.9. The topological polar surface area (TPSA) is 109 Å². The van der Waals surface area contributed by atoms with Crippen LogP contribution in [0.15, 0.2) is 18.3 Å². The predicted octanol–water partition coefficient (Wildman–Crippen LogP) is 3.31. The van der Waals surface area contributed by atoms with Crippen molar-refractivity contribution in [2.45, 2.75) is 38.6 Å². The zero-order valence-electron chi connectivity index (χ0n) is 17.2. The summed E-state index contributed by atoms with van der Waals surface area (Å²) in [5, 5.41) is 3.27. The lowest BCUT2D eigenvalue weighted by Gasteiger charge is -2.22. The Hall–Kier alpha value is -2.55. The van der Waals surface area contributed by atoms with E-state index in [1.54, 1.807) is 26.5 Å². The van der Waals surface area contributed by atoms with Crippen LogP contribution < -0.4 is 25.3 Å². The molecule has 29 heavy (non-hydrogen) atoms. The van der Waals surface area contributed by atoms with Crippen molar-refractivity contribution in [3.05, 3.63) is 23.9 Å². The van der Waals surface area contributed by atoms with Gasteiger partial charge >= 0.3 is 0 Å². The molecule has 0 atom stereocenters. The molecule has 0 bridgehead atoms. The van der Waals surface area contributed by atoms with Gasteiger partial charge in [0.15, 0.2) is 23.1 Å². The molecule has 0 aliphatic carbocycles. The molecule has 0 spiro atoms. The lowest BCUT2D eigenvalue weighted by molar-refractivity contribution is 0.350. The minimum absolute atomic E-state index is 0.199. The maximum Gasteiger partial charge on any atom is 0.225 e. The van der Waals surface area contributed by atoms with Crippen LogP contribution in [0, 0.1) is 0 Å². The average Bonchev–Trinajstić information content (AvgIpc) is 2.71. The second kappa shape index (κ2) is 9.30. The highest BCUT2D eigenvalue weighted by molar-refractivity contribution is 7.85. The lowest BCUT2D eigenvalue weighted by atomic mass is 10.0. The standard InChI is InChI=1S/C20H28N4O4S/c1-12(2)14-9-16(26-3)17(27-4)10-15(14)28-18-11-22-20(24-19(18)21)23-13-5-7-29(25)8-6-13/h9-13H,5-8H2,1-4H3,(H3,21,22,23,24). The summed E-state index contributed by atoms with van der Waals surface area (Å²) in [5.74, 6) is 4.48. The lowest BCUT2D eigenvalue weighted by Crippen LogP contribution is -2.30. The maximum absolute atomic E-state index is 11.5. The van der Waals surface area contributed by atoms with Crippen molar-refractivity contribution < 1.29 is 18.4 Å². The van der Waals surface area contributed by atoms with Crippen molar-refractivity contribution in [1.82, 2.24) is 9.97 Å². The number of hydrogen-bond donors (Lipinski definition) is 2. The second-order valence-corrected chi connectivity index (χ2v) is 8.91. The van der Waals surface area contributed by atoms with Gasteiger partial charge in [-0.1, -0.05) is 13.8 Å². The van der Waals surface area contributed by atoms with Gasteiger partial charge in [-0.25, -0.2) is 4.98 Å². The first-order valence-corrected chi connectivity index (χ1v) is 11.1. The van der Waals surface area contributed by atoms with Crippen LogP contribution in [0.4, 0.5) is 11.8 Å². The van der Waals surface area contributed by atoms with E-state index in [0.29, 0.717) is 40.5 Å². The SMILES string of the molecule is COc1cc(Oc2cnc(NC3CCS(=O)CC3)nc2N)c(C(C)C)cc1OC. The molecule has 1 aliphatic rings. The number of hydrogen-bond acceptors (Lipinski definition) is 8. The highest BCUT2D eigenvalue weighted by Gasteiger charge is 2.20. The summed E-state index contributed by atoms with van der Waals surface area (Å²) in [6.07, 6.45) is 3.22. The largest absolute Gasteiger partial charge is 0.493 e. The summed E-state index contributed by atoms with van der Waals surface area (Å²) in [6, 6.07) is 3.89. The summed E-state index contributed by atoms with van der Waals surface area (Å²) >= 11 is 0. The zero-order chi connectivity index (χ0) is 21.0. The van der Waals surface area contributed by atoms with E-state index in [1.807, 2.05) is 6.07 Å². The van der Waals surface area contributed by atoms with Crippen LogP contribution in [0.3, 0.4) is 0 Å². The van der Waals surface area contributed by atoms with E-state index in [1.165, 1.54) is 0 Å². The van der Waals surface area contributed by atoms with E-state index in [-0.39, 0.29) is 17.8 Å². The van der Waals surface area contributed by atoms with Crippen LogP contribution in [0.25, 0.3) is 0 Å². The molecular weight excluding hydrogens is 392 g/mol. The van der Waals surface area contributed by atoms with Gasteiger partial charge in [0.25, 0.3) is 0 Å². The van der Waals surface area contributed by atoms with Gasteiger partial charge in [-0.05, 0) is 24.8 Å². The zero-order valence-corrected chi connectivity index (χ0v) is 18.0. The fourth-order valence-corrected chi connectivity index (χ4v) is 4.49. The summed E-state index contributed by atoms with van der Waals surface area (Å²) in [6.45, 7) is 4.14. The molecule has 9 heteroatoms. The molecule has 1 aromatic heterocycles. The van der Waals surface area contributed by atoms with Gasteiger partial charge in [0.1, 0.15) is 5.75 Å². The molecular formula is C20H28N4O4S. The minimum Gasteiger partial charge on any atom is -0.493 e. The number of anilines is 2. The van der Waals surface area contributed by atoms with Crippen molar-refractivity contribution in [3.63, 3.8) is 0 Å². The quantitative estimate of drug-likeness (QED) is 0.702. The van der Waals surface area contributed by atoms with Crippen molar-refractivity contribution >= 4 is 22.6 Å². The number of methoxy groups -OCH3 is 2. The summed E-state index contributed by atoms with van der Waals surface area (Å²) in [7, 11) is 2.47. The molecule has 8 nitrogen and oxygen atoms in total. The Bertz CT molecular complexity index is 881. The van der Waals surface area contributed by atoms with Gasteiger partial charge in [-0.3, -0.25) is 4.21 Å². The Morgan fingerprint density at radius 3 is 2.34 bits per heavy atom. The third kappa shape index (κ3) is 5.09. The number of nitrogen functional groups attached to an aromatic ring is 1. The molecule has 0 amide bonds. The molecule has 1 aromatic carbocycles. The number of nitrogens with zero attached hydrogens (tertiary/aromatic N) is 2. The summed E-state index contributed by atoms with van der Waals surface area (Å²) in [4.78, 5) is 8.67. The van der Waals surface area contributed by atoms with Gasteiger partial charge < -0.3 is 25.3 Å². The first kappa shape index (κ1) is 21.2. The van der Waals surface area contributed by atoms with E-state index in [2.05, 4.69) is 29.1 Å². The molecule has 3 rings (SSSR count). The van der Waals surface area contributed by atoms with Crippen LogP contribution in [0.2, 0.25) is 0 Å². The van der Waals surface area contributed by atoms with E-state index >= 15 is 0 Å². The number of rotatable bonds is 7. The van der Waals surface area contributed by atoms with E-state index in [9.17, 15) is 4.21 Å².